The molecule has 0 saturated heterocycles. The molecule has 0 atom stereocenters. The van der Waals surface area contributed by atoms with Crippen molar-refractivity contribution in [2.24, 2.45) is 0 Å². The van der Waals surface area contributed by atoms with E-state index in [0.717, 1.165) is 19.1 Å². The van der Waals surface area contributed by atoms with Gasteiger partial charge < -0.3 is 10.2 Å². The molecule has 1 aliphatic carbocycles. The number of aryl methyl sites for hydroxylation is 1. The maximum atomic E-state index is 3.74. The predicted octanol–water partition coefficient (Wildman–Crippen LogP) is 3.74. The van der Waals surface area contributed by atoms with Crippen LogP contribution >= 0.6 is 0 Å². The van der Waals surface area contributed by atoms with Gasteiger partial charge >= 0.3 is 0 Å². The average molecular weight is 260 g/mol. The molecule has 0 aromatic heterocycles. The number of rotatable bonds is 5. The molecule has 0 unspecified atom stereocenters. The van der Waals surface area contributed by atoms with Gasteiger partial charge in [-0.2, -0.15) is 0 Å². The lowest BCUT2D eigenvalue weighted by Crippen LogP contribution is -2.35. The van der Waals surface area contributed by atoms with Gasteiger partial charge in [0, 0.05) is 31.9 Å². The summed E-state index contributed by atoms with van der Waals surface area (Å²) in [6, 6.07) is 9.50. The largest absolute Gasteiger partial charge is 0.373 e. The van der Waals surface area contributed by atoms with Crippen molar-refractivity contribution in [3.8, 4) is 0 Å². The van der Waals surface area contributed by atoms with E-state index in [1.165, 1.54) is 49.8 Å². The van der Waals surface area contributed by atoms with E-state index in [2.05, 4.69) is 48.5 Å². The number of likely N-dealkylation sites (N-methyl/N-ethyl adjacent to an activating group) is 1. The number of hydrogen-bond donors (Lipinski definition) is 1. The zero-order valence-electron chi connectivity index (χ0n) is 12.5. The molecule has 1 aliphatic rings. The third-order valence-electron chi connectivity index (χ3n) is 4.18. The van der Waals surface area contributed by atoms with Crippen molar-refractivity contribution in [2.45, 2.75) is 51.5 Å². The number of nitrogens with one attached hydrogen (secondary N) is 1. The fourth-order valence-corrected chi connectivity index (χ4v) is 2.91. The smallest absolute Gasteiger partial charge is 0.0366 e. The molecule has 0 radical (unpaired) electrons. The van der Waals surface area contributed by atoms with Crippen LogP contribution in [0.2, 0.25) is 0 Å². The van der Waals surface area contributed by atoms with Crippen LogP contribution in [0.3, 0.4) is 0 Å². The van der Waals surface area contributed by atoms with Crippen molar-refractivity contribution in [1.82, 2.24) is 5.32 Å². The van der Waals surface area contributed by atoms with Gasteiger partial charge in [0.1, 0.15) is 0 Å². The molecular weight excluding hydrogens is 232 g/mol. The molecule has 0 spiro atoms. The summed E-state index contributed by atoms with van der Waals surface area (Å²) in [5.74, 6) is 0. The van der Waals surface area contributed by atoms with E-state index >= 15 is 0 Å². The van der Waals surface area contributed by atoms with Crippen LogP contribution in [0.15, 0.2) is 24.3 Å². The average Bonchev–Trinajstić information content (AvgIpc) is 2.67. The standard InChI is InChI=1S/C17H28N2/c1-15-8-7-11-17(14-15)19(2)13-12-18-16-9-5-3-4-6-10-16/h7-8,11,14,16,18H,3-6,9-10,12-13H2,1-2H3. The SMILES string of the molecule is Cc1cccc(N(C)CCNC2CCCCCC2)c1. The van der Waals surface area contributed by atoms with Crippen LogP contribution in [-0.4, -0.2) is 26.2 Å². The summed E-state index contributed by atoms with van der Waals surface area (Å²) in [6.45, 7) is 4.33. The Balaban J connectivity index is 1.72. The van der Waals surface area contributed by atoms with Gasteiger partial charge in [0.25, 0.3) is 0 Å². The van der Waals surface area contributed by atoms with Crippen LogP contribution in [-0.2, 0) is 0 Å². The summed E-state index contributed by atoms with van der Waals surface area (Å²) in [5, 5.41) is 3.74. The molecule has 106 valence electrons. The normalized spacial score (nSPS) is 17.2. The van der Waals surface area contributed by atoms with Crippen LogP contribution in [0, 0.1) is 6.92 Å². The lowest BCUT2D eigenvalue weighted by atomic mass is 10.1. The predicted molar refractivity (Wildman–Crippen MR) is 83.9 cm³/mol. The highest BCUT2D eigenvalue weighted by Gasteiger charge is 2.11. The van der Waals surface area contributed by atoms with Crippen molar-refractivity contribution >= 4 is 5.69 Å². The van der Waals surface area contributed by atoms with Gasteiger partial charge in [-0.1, -0.05) is 37.8 Å². The fourth-order valence-electron chi connectivity index (χ4n) is 2.91. The van der Waals surface area contributed by atoms with Crippen LogP contribution in [0.5, 0.6) is 0 Å². The highest BCUT2D eigenvalue weighted by atomic mass is 15.1. The van der Waals surface area contributed by atoms with E-state index in [9.17, 15) is 0 Å². The molecule has 0 amide bonds. The number of benzene rings is 1. The minimum atomic E-state index is 0.758. The Hall–Kier alpha value is -1.02. The van der Waals surface area contributed by atoms with Crippen molar-refractivity contribution in [3.63, 3.8) is 0 Å². The molecule has 1 aromatic rings. The van der Waals surface area contributed by atoms with E-state index < -0.39 is 0 Å². The zero-order chi connectivity index (χ0) is 13.5. The maximum absolute atomic E-state index is 3.74. The second-order valence-corrected chi connectivity index (χ2v) is 5.90. The molecular formula is C17H28N2. The first-order valence-corrected chi connectivity index (χ1v) is 7.77. The molecule has 1 fully saturated rings. The van der Waals surface area contributed by atoms with Crippen LogP contribution in [0.1, 0.15) is 44.1 Å². The lowest BCUT2D eigenvalue weighted by molar-refractivity contribution is 0.464. The molecule has 0 heterocycles. The van der Waals surface area contributed by atoms with Crippen LogP contribution < -0.4 is 10.2 Å². The second-order valence-electron chi connectivity index (χ2n) is 5.90. The van der Waals surface area contributed by atoms with Crippen LogP contribution in [0.25, 0.3) is 0 Å². The van der Waals surface area contributed by atoms with E-state index in [-0.39, 0.29) is 0 Å². The number of hydrogen-bond acceptors (Lipinski definition) is 2. The third kappa shape index (κ3) is 4.87. The Bertz CT molecular complexity index is 367. The second kappa shape index (κ2) is 7.54. The third-order valence-corrected chi connectivity index (χ3v) is 4.18. The molecule has 0 bridgehead atoms. The first-order chi connectivity index (χ1) is 9.25. The summed E-state index contributed by atoms with van der Waals surface area (Å²) >= 11 is 0. The molecule has 2 rings (SSSR count). The van der Waals surface area contributed by atoms with E-state index in [0.29, 0.717) is 0 Å². The van der Waals surface area contributed by atoms with Gasteiger partial charge in [0.05, 0.1) is 0 Å². The Morgan fingerprint density at radius 3 is 2.58 bits per heavy atom. The van der Waals surface area contributed by atoms with Crippen molar-refractivity contribution in [2.75, 3.05) is 25.0 Å². The molecule has 2 heteroatoms. The van der Waals surface area contributed by atoms with Crippen molar-refractivity contribution in [3.05, 3.63) is 29.8 Å². The fraction of sp³-hybridized carbons (Fsp3) is 0.647. The highest BCUT2D eigenvalue weighted by molar-refractivity contribution is 5.47. The summed E-state index contributed by atoms with van der Waals surface area (Å²) in [7, 11) is 2.18. The minimum Gasteiger partial charge on any atom is -0.373 e. The Kier molecular flexibility index (Phi) is 5.71. The zero-order valence-corrected chi connectivity index (χ0v) is 12.5. The number of anilines is 1. The van der Waals surface area contributed by atoms with Gasteiger partial charge in [0.15, 0.2) is 0 Å². The van der Waals surface area contributed by atoms with Gasteiger partial charge in [-0.3, -0.25) is 0 Å². The summed E-state index contributed by atoms with van der Waals surface area (Å²) in [4.78, 5) is 2.34. The van der Waals surface area contributed by atoms with Gasteiger partial charge in [0.2, 0.25) is 0 Å². The first-order valence-electron chi connectivity index (χ1n) is 7.77. The topological polar surface area (TPSA) is 15.3 Å². The number of nitrogens with zero attached hydrogens (tertiary/aromatic N) is 1. The van der Waals surface area contributed by atoms with E-state index in [1.807, 2.05) is 0 Å². The molecule has 19 heavy (non-hydrogen) atoms. The highest BCUT2D eigenvalue weighted by Crippen LogP contribution is 2.17. The molecule has 1 saturated carbocycles. The maximum Gasteiger partial charge on any atom is 0.0366 e. The van der Waals surface area contributed by atoms with Crippen LogP contribution in [0.4, 0.5) is 5.69 Å². The van der Waals surface area contributed by atoms with Gasteiger partial charge in [-0.25, -0.2) is 0 Å². The van der Waals surface area contributed by atoms with Gasteiger partial charge in [-0.15, -0.1) is 0 Å². The molecule has 1 N–H and O–H groups in total. The van der Waals surface area contributed by atoms with Gasteiger partial charge in [-0.05, 0) is 37.5 Å². The summed E-state index contributed by atoms with van der Waals surface area (Å²) in [6.07, 6.45) is 8.42. The minimum absolute atomic E-state index is 0.758. The molecule has 2 nitrogen and oxygen atoms in total. The Labute approximate surface area is 118 Å². The van der Waals surface area contributed by atoms with Crippen molar-refractivity contribution in [1.29, 1.82) is 0 Å². The lowest BCUT2D eigenvalue weighted by Gasteiger charge is -2.22. The molecule has 1 aromatic carbocycles. The quantitative estimate of drug-likeness (QED) is 0.811. The first kappa shape index (κ1) is 14.4. The van der Waals surface area contributed by atoms with E-state index in [4.69, 9.17) is 0 Å². The molecule has 0 aliphatic heterocycles. The Morgan fingerprint density at radius 2 is 1.89 bits per heavy atom. The monoisotopic (exact) mass is 260 g/mol. The van der Waals surface area contributed by atoms with Crippen molar-refractivity contribution < 1.29 is 0 Å². The Morgan fingerprint density at radius 1 is 1.16 bits per heavy atom. The van der Waals surface area contributed by atoms with E-state index in [1.54, 1.807) is 0 Å². The summed E-state index contributed by atoms with van der Waals surface area (Å²) < 4.78 is 0. The summed E-state index contributed by atoms with van der Waals surface area (Å²) in [5.41, 5.74) is 2.66.